The van der Waals surface area contributed by atoms with Gasteiger partial charge in [-0.1, -0.05) is 0 Å². The highest BCUT2D eigenvalue weighted by molar-refractivity contribution is 5.87. The molecule has 88 valence electrons. The van der Waals surface area contributed by atoms with Gasteiger partial charge < -0.3 is 26.2 Å². The molecule has 16 heavy (non-hydrogen) atoms. The second-order valence-corrected chi connectivity index (χ2v) is 3.20. The lowest BCUT2D eigenvalue weighted by atomic mass is 10.0. The number of nitrogens with two attached hydrogens (primary N) is 1. The standard InChI is InChI=1S/C9H12N2O5/c10-8-5(7(14)6(13)3-12)1-4(2-11-8)9(15)16/h1-2,6-7,12-14H,3H2,(H2,10,11)(H,15,16). The molecule has 0 saturated carbocycles. The van der Waals surface area contributed by atoms with Gasteiger partial charge in [0, 0.05) is 11.8 Å². The molecule has 7 heteroatoms. The van der Waals surface area contributed by atoms with Crippen molar-refractivity contribution < 1.29 is 25.2 Å². The van der Waals surface area contributed by atoms with Gasteiger partial charge in [0.1, 0.15) is 18.0 Å². The molecule has 0 amide bonds. The predicted octanol–water partition coefficient (Wildman–Crippen LogP) is -1.25. The molecular formula is C9H12N2O5. The number of nitrogens with zero attached hydrogens (tertiary/aromatic N) is 1. The number of rotatable bonds is 4. The van der Waals surface area contributed by atoms with Crippen molar-refractivity contribution in [3.63, 3.8) is 0 Å². The Bertz CT molecular complexity index is 395. The number of anilines is 1. The molecule has 0 aliphatic heterocycles. The monoisotopic (exact) mass is 228 g/mol. The van der Waals surface area contributed by atoms with Crippen LogP contribution in [0.3, 0.4) is 0 Å². The van der Waals surface area contributed by atoms with Crippen LogP contribution in [0, 0.1) is 0 Å². The van der Waals surface area contributed by atoms with Gasteiger partial charge in [0.05, 0.1) is 12.2 Å². The lowest BCUT2D eigenvalue weighted by Crippen LogP contribution is -2.23. The van der Waals surface area contributed by atoms with Crippen LogP contribution in [0.2, 0.25) is 0 Å². The van der Waals surface area contributed by atoms with Gasteiger partial charge in [0.15, 0.2) is 0 Å². The molecule has 0 aromatic carbocycles. The number of carboxylic acids is 1. The van der Waals surface area contributed by atoms with Crippen molar-refractivity contribution in [1.29, 1.82) is 0 Å². The number of aromatic carboxylic acids is 1. The first-order chi connectivity index (χ1) is 7.47. The summed E-state index contributed by atoms with van der Waals surface area (Å²) in [5.41, 5.74) is 5.24. The van der Waals surface area contributed by atoms with Crippen molar-refractivity contribution in [1.82, 2.24) is 4.98 Å². The van der Waals surface area contributed by atoms with Crippen LogP contribution < -0.4 is 5.73 Å². The van der Waals surface area contributed by atoms with Crippen molar-refractivity contribution in [2.75, 3.05) is 12.3 Å². The average molecular weight is 228 g/mol. The van der Waals surface area contributed by atoms with Gasteiger partial charge in [-0.3, -0.25) is 0 Å². The molecule has 1 aromatic heterocycles. The molecule has 1 heterocycles. The molecule has 6 N–H and O–H groups in total. The minimum atomic E-state index is -1.48. The zero-order valence-corrected chi connectivity index (χ0v) is 8.24. The summed E-state index contributed by atoms with van der Waals surface area (Å²) < 4.78 is 0. The summed E-state index contributed by atoms with van der Waals surface area (Å²) in [6, 6.07) is 1.11. The van der Waals surface area contributed by atoms with Crippen molar-refractivity contribution in [3.8, 4) is 0 Å². The molecule has 0 aliphatic rings. The largest absolute Gasteiger partial charge is 0.478 e. The molecule has 0 spiro atoms. The van der Waals surface area contributed by atoms with Gasteiger partial charge in [-0.2, -0.15) is 0 Å². The number of hydrogen-bond acceptors (Lipinski definition) is 6. The Morgan fingerprint density at radius 1 is 1.50 bits per heavy atom. The maximum absolute atomic E-state index is 10.7. The predicted molar refractivity (Wildman–Crippen MR) is 53.7 cm³/mol. The molecule has 1 aromatic rings. The fraction of sp³-hybridized carbons (Fsp3) is 0.333. The van der Waals surface area contributed by atoms with Crippen LogP contribution in [0.4, 0.5) is 5.82 Å². The third-order valence-electron chi connectivity index (χ3n) is 2.07. The van der Waals surface area contributed by atoms with Crippen LogP contribution in [-0.2, 0) is 0 Å². The minimum absolute atomic E-state index is 0.0264. The Hall–Kier alpha value is -1.70. The number of aliphatic hydroxyl groups is 3. The number of aromatic nitrogens is 1. The Labute approximate surface area is 90.8 Å². The van der Waals surface area contributed by atoms with Crippen molar-refractivity contribution in [2.24, 2.45) is 0 Å². The molecule has 2 unspecified atom stereocenters. The molecule has 0 radical (unpaired) electrons. The Morgan fingerprint density at radius 3 is 2.62 bits per heavy atom. The van der Waals surface area contributed by atoms with E-state index in [0.717, 1.165) is 12.3 Å². The van der Waals surface area contributed by atoms with Gasteiger partial charge in [-0.15, -0.1) is 0 Å². The summed E-state index contributed by atoms with van der Waals surface area (Å²) >= 11 is 0. The number of hydrogen-bond donors (Lipinski definition) is 5. The lowest BCUT2D eigenvalue weighted by Gasteiger charge is -2.17. The maximum Gasteiger partial charge on any atom is 0.337 e. The summed E-state index contributed by atoms with van der Waals surface area (Å²) in [5.74, 6) is -1.32. The second kappa shape index (κ2) is 4.88. The van der Waals surface area contributed by atoms with E-state index in [1.165, 1.54) is 0 Å². The number of carbonyl (C=O) groups is 1. The highest BCUT2D eigenvalue weighted by atomic mass is 16.4. The van der Waals surface area contributed by atoms with E-state index in [1.54, 1.807) is 0 Å². The Morgan fingerprint density at radius 2 is 2.12 bits per heavy atom. The third-order valence-corrected chi connectivity index (χ3v) is 2.07. The normalized spacial score (nSPS) is 14.4. The first-order valence-corrected chi connectivity index (χ1v) is 4.43. The average Bonchev–Trinajstić information content (AvgIpc) is 2.27. The third kappa shape index (κ3) is 2.45. The van der Waals surface area contributed by atoms with Crippen LogP contribution in [0.15, 0.2) is 12.3 Å². The van der Waals surface area contributed by atoms with Crippen LogP contribution in [0.5, 0.6) is 0 Å². The van der Waals surface area contributed by atoms with E-state index < -0.39 is 24.8 Å². The molecule has 0 aliphatic carbocycles. The zero-order chi connectivity index (χ0) is 12.3. The quantitative estimate of drug-likeness (QED) is 0.434. The topological polar surface area (TPSA) is 137 Å². The summed E-state index contributed by atoms with van der Waals surface area (Å²) in [6.07, 6.45) is -1.87. The van der Waals surface area contributed by atoms with E-state index in [-0.39, 0.29) is 16.9 Å². The molecule has 0 bridgehead atoms. The zero-order valence-electron chi connectivity index (χ0n) is 8.24. The second-order valence-electron chi connectivity index (χ2n) is 3.20. The molecule has 1 rings (SSSR count). The molecule has 7 nitrogen and oxygen atoms in total. The van der Waals surface area contributed by atoms with Crippen LogP contribution in [0.25, 0.3) is 0 Å². The van der Waals surface area contributed by atoms with E-state index in [1.807, 2.05) is 0 Å². The fourth-order valence-corrected chi connectivity index (χ4v) is 1.15. The van der Waals surface area contributed by atoms with Gasteiger partial charge in [0.2, 0.25) is 0 Å². The van der Waals surface area contributed by atoms with Crippen molar-refractivity contribution in [2.45, 2.75) is 12.2 Å². The number of carboxylic acid groups (broad SMARTS) is 1. The highest BCUT2D eigenvalue weighted by Crippen LogP contribution is 2.22. The van der Waals surface area contributed by atoms with E-state index in [2.05, 4.69) is 4.98 Å². The van der Waals surface area contributed by atoms with Crippen molar-refractivity contribution in [3.05, 3.63) is 23.4 Å². The van der Waals surface area contributed by atoms with Crippen LogP contribution in [-0.4, -0.2) is 44.1 Å². The van der Waals surface area contributed by atoms with Gasteiger partial charge in [0.25, 0.3) is 0 Å². The van der Waals surface area contributed by atoms with E-state index >= 15 is 0 Å². The lowest BCUT2D eigenvalue weighted by molar-refractivity contribution is -0.0150. The summed E-state index contributed by atoms with van der Waals surface area (Å²) in [6.45, 7) is -0.669. The number of pyridine rings is 1. The molecular weight excluding hydrogens is 216 g/mol. The molecule has 0 fully saturated rings. The number of aliphatic hydroxyl groups excluding tert-OH is 3. The summed E-state index contributed by atoms with van der Waals surface area (Å²) in [5, 5.41) is 36.1. The highest BCUT2D eigenvalue weighted by Gasteiger charge is 2.21. The van der Waals surface area contributed by atoms with E-state index in [9.17, 15) is 15.0 Å². The Kier molecular flexibility index (Phi) is 3.78. The van der Waals surface area contributed by atoms with Gasteiger partial charge >= 0.3 is 5.97 Å². The minimum Gasteiger partial charge on any atom is -0.478 e. The van der Waals surface area contributed by atoms with Crippen molar-refractivity contribution >= 4 is 11.8 Å². The van der Waals surface area contributed by atoms with Crippen LogP contribution in [0.1, 0.15) is 22.0 Å². The summed E-state index contributed by atoms with van der Waals surface area (Å²) in [7, 11) is 0. The molecule has 0 saturated heterocycles. The SMILES string of the molecule is Nc1ncc(C(=O)O)cc1C(O)C(O)CO. The van der Waals surface area contributed by atoms with Gasteiger partial charge in [-0.25, -0.2) is 9.78 Å². The summed E-state index contributed by atoms with van der Waals surface area (Å²) in [4.78, 5) is 14.2. The Balaban J connectivity index is 3.11. The maximum atomic E-state index is 10.7. The number of nitrogen functional groups attached to an aromatic ring is 1. The smallest absolute Gasteiger partial charge is 0.337 e. The van der Waals surface area contributed by atoms with E-state index in [0.29, 0.717) is 0 Å². The first-order valence-electron chi connectivity index (χ1n) is 4.43. The first kappa shape index (κ1) is 12.4. The fourth-order valence-electron chi connectivity index (χ4n) is 1.15. The molecule has 2 atom stereocenters. The van der Waals surface area contributed by atoms with Crippen LogP contribution >= 0.6 is 0 Å². The van der Waals surface area contributed by atoms with E-state index in [4.69, 9.17) is 15.9 Å². The van der Waals surface area contributed by atoms with Gasteiger partial charge in [-0.05, 0) is 6.07 Å².